The smallest absolute Gasteiger partial charge is 0.407 e. The Kier molecular flexibility index (Phi) is 4.94. The highest BCUT2D eigenvalue weighted by atomic mass is 19.1. The van der Waals surface area contributed by atoms with E-state index < -0.39 is 11.9 Å². The minimum atomic E-state index is -0.902. The van der Waals surface area contributed by atoms with Gasteiger partial charge in [-0.25, -0.2) is 19.2 Å². The Morgan fingerprint density at radius 2 is 2.10 bits per heavy atom. The largest absolute Gasteiger partial charge is 0.465 e. The van der Waals surface area contributed by atoms with Crippen LogP contribution >= 0.6 is 0 Å². The molecule has 4 rings (SSSR count). The van der Waals surface area contributed by atoms with Gasteiger partial charge in [-0.2, -0.15) is 0 Å². The van der Waals surface area contributed by atoms with Gasteiger partial charge >= 0.3 is 6.09 Å². The van der Waals surface area contributed by atoms with Crippen molar-refractivity contribution in [2.75, 3.05) is 36.6 Å². The van der Waals surface area contributed by atoms with Crippen LogP contribution in [-0.4, -0.2) is 64.7 Å². The molecule has 0 unspecified atom stereocenters. The van der Waals surface area contributed by atoms with Crippen molar-refractivity contribution in [1.82, 2.24) is 14.9 Å². The average molecular weight is 413 g/mol. The molecular weight excluding hydrogens is 389 g/mol. The second kappa shape index (κ2) is 7.45. The molecule has 1 fully saturated rings. The zero-order valence-electron chi connectivity index (χ0n) is 16.8. The Morgan fingerprint density at radius 1 is 1.33 bits per heavy atom. The highest BCUT2D eigenvalue weighted by Crippen LogP contribution is 2.39. The topological polar surface area (TPSA) is 113 Å². The number of piperazine rings is 1. The molecule has 0 saturated carbocycles. The minimum Gasteiger partial charge on any atom is -0.465 e. The number of nitrogens with zero attached hydrogens (tertiary/aromatic N) is 5. The predicted molar refractivity (Wildman–Crippen MR) is 112 cm³/mol. The van der Waals surface area contributed by atoms with Gasteiger partial charge in [0.1, 0.15) is 17.5 Å². The van der Waals surface area contributed by atoms with E-state index in [2.05, 4.69) is 9.88 Å². The molecule has 2 aliphatic heterocycles. The van der Waals surface area contributed by atoms with Gasteiger partial charge in [-0.3, -0.25) is 10.4 Å². The molecule has 2 aliphatic rings. The van der Waals surface area contributed by atoms with Gasteiger partial charge in [0.15, 0.2) is 0 Å². The monoisotopic (exact) mass is 413 g/mol. The van der Waals surface area contributed by atoms with Gasteiger partial charge in [0, 0.05) is 44.8 Å². The van der Waals surface area contributed by atoms with Crippen LogP contribution in [0.5, 0.6) is 0 Å². The maximum absolute atomic E-state index is 14.8. The van der Waals surface area contributed by atoms with E-state index in [1.165, 1.54) is 11.0 Å². The van der Waals surface area contributed by atoms with E-state index in [1.807, 2.05) is 31.1 Å². The number of anilines is 3. The van der Waals surface area contributed by atoms with E-state index in [0.717, 1.165) is 11.3 Å². The molecular formula is C20H24FN7O2. The lowest BCUT2D eigenvalue weighted by Gasteiger charge is -2.39. The molecule has 1 aromatic heterocycles. The first-order valence-corrected chi connectivity index (χ1v) is 9.65. The van der Waals surface area contributed by atoms with Gasteiger partial charge in [0.25, 0.3) is 0 Å². The molecule has 1 aromatic carbocycles. The molecule has 158 valence electrons. The summed E-state index contributed by atoms with van der Waals surface area (Å²) in [5.41, 5.74) is 7.92. The number of carboxylic acid groups (broad SMARTS) is 1. The lowest BCUT2D eigenvalue weighted by atomic mass is 10.1. The van der Waals surface area contributed by atoms with Crippen LogP contribution in [0.3, 0.4) is 0 Å². The SMILES string of the molecule is C[C@H]1CN(c2ccc(N3c4c(F)cc(C(=N)N)cc4CN3C)nc2)CCN1C(=O)O. The van der Waals surface area contributed by atoms with Gasteiger partial charge < -0.3 is 20.6 Å². The van der Waals surface area contributed by atoms with Crippen molar-refractivity contribution >= 4 is 29.1 Å². The summed E-state index contributed by atoms with van der Waals surface area (Å²) in [5, 5.41) is 20.4. The van der Waals surface area contributed by atoms with E-state index in [-0.39, 0.29) is 11.9 Å². The molecule has 1 amide bonds. The number of benzene rings is 1. The summed E-state index contributed by atoms with van der Waals surface area (Å²) >= 11 is 0. The van der Waals surface area contributed by atoms with Crippen LogP contribution in [0.25, 0.3) is 0 Å². The van der Waals surface area contributed by atoms with E-state index >= 15 is 0 Å². The molecule has 0 radical (unpaired) electrons. The zero-order chi connectivity index (χ0) is 21.6. The van der Waals surface area contributed by atoms with Crippen molar-refractivity contribution in [3.63, 3.8) is 0 Å². The fourth-order valence-corrected chi connectivity index (χ4v) is 4.11. The van der Waals surface area contributed by atoms with E-state index in [0.29, 0.717) is 43.2 Å². The van der Waals surface area contributed by atoms with Crippen molar-refractivity contribution in [2.45, 2.75) is 19.5 Å². The molecule has 3 heterocycles. The number of hydrazine groups is 1. The number of nitrogen functional groups attached to an aromatic ring is 1. The molecule has 1 atom stereocenters. The Labute approximate surface area is 173 Å². The number of hydrogen-bond donors (Lipinski definition) is 3. The molecule has 2 aromatic rings. The third kappa shape index (κ3) is 3.39. The summed E-state index contributed by atoms with van der Waals surface area (Å²) in [5.74, 6) is -0.0456. The molecule has 0 aliphatic carbocycles. The first-order chi connectivity index (χ1) is 14.3. The van der Waals surface area contributed by atoms with Crippen LogP contribution in [0.1, 0.15) is 18.1 Å². The number of halogens is 1. The standard InChI is InChI=1S/C20H24FN7O2/c1-12-10-26(5-6-27(12)20(29)30)15-3-4-17(24-9-15)28-18-14(11-25(28)2)7-13(19(22)23)8-16(18)21/h3-4,7-9,12H,5-6,10-11H2,1-2H3,(H3,22,23)(H,29,30)/t12-/m0/s1. The van der Waals surface area contributed by atoms with Gasteiger partial charge in [0.05, 0.1) is 17.6 Å². The number of fused-ring (bicyclic) bond motifs is 1. The van der Waals surface area contributed by atoms with Gasteiger partial charge in [0.2, 0.25) is 0 Å². The number of aromatic nitrogens is 1. The average Bonchev–Trinajstić information content (AvgIpc) is 3.04. The Balaban J connectivity index is 1.57. The van der Waals surface area contributed by atoms with Crippen LogP contribution in [0.4, 0.5) is 26.4 Å². The van der Waals surface area contributed by atoms with Crippen LogP contribution in [0.15, 0.2) is 30.5 Å². The lowest BCUT2D eigenvalue weighted by molar-refractivity contribution is 0.122. The number of hydrogen-bond acceptors (Lipinski definition) is 6. The number of amidine groups is 1. The summed E-state index contributed by atoms with van der Waals surface area (Å²) in [6.07, 6.45) is 0.827. The normalized spacial score (nSPS) is 19.2. The highest BCUT2D eigenvalue weighted by molar-refractivity contribution is 5.96. The fourth-order valence-electron chi connectivity index (χ4n) is 4.11. The van der Waals surface area contributed by atoms with E-state index in [9.17, 15) is 14.3 Å². The van der Waals surface area contributed by atoms with Gasteiger partial charge in [-0.1, -0.05) is 0 Å². The molecule has 30 heavy (non-hydrogen) atoms. The van der Waals surface area contributed by atoms with Crippen LogP contribution < -0.4 is 15.6 Å². The number of pyridine rings is 1. The molecule has 0 spiro atoms. The van der Waals surface area contributed by atoms with Crippen molar-refractivity contribution in [2.24, 2.45) is 5.73 Å². The number of rotatable bonds is 3. The summed E-state index contributed by atoms with van der Waals surface area (Å²) in [6, 6.07) is 6.63. The Bertz CT molecular complexity index is 997. The first kappa shape index (κ1) is 19.9. The second-order valence-corrected chi connectivity index (χ2v) is 7.65. The highest BCUT2D eigenvalue weighted by Gasteiger charge is 2.31. The lowest BCUT2D eigenvalue weighted by Crippen LogP contribution is -2.53. The number of nitrogens with two attached hydrogens (primary N) is 1. The fraction of sp³-hybridized carbons (Fsp3) is 0.350. The number of nitrogens with one attached hydrogen (secondary N) is 1. The quantitative estimate of drug-likeness (QED) is 0.522. The zero-order valence-corrected chi connectivity index (χ0v) is 16.8. The van der Waals surface area contributed by atoms with Gasteiger partial charge in [-0.15, -0.1) is 0 Å². The summed E-state index contributed by atoms with van der Waals surface area (Å²) in [6.45, 7) is 3.97. The Hall–Kier alpha value is -3.40. The van der Waals surface area contributed by atoms with Crippen molar-refractivity contribution < 1.29 is 14.3 Å². The third-order valence-electron chi connectivity index (χ3n) is 5.59. The molecule has 1 saturated heterocycles. The van der Waals surface area contributed by atoms with Crippen LogP contribution in [0.2, 0.25) is 0 Å². The third-order valence-corrected chi connectivity index (χ3v) is 5.59. The minimum absolute atomic E-state index is 0.114. The molecule has 9 nitrogen and oxygen atoms in total. The Morgan fingerprint density at radius 3 is 2.70 bits per heavy atom. The maximum atomic E-state index is 14.8. The molecule has 4 N–H and O–H groups in total. The molecule has 10 heteroatoms. The molecule has 0 bridgehead atoms. The van der Waals surface area contributed by atoms with Crippen molar-refractivity contribution in [3.8, 4) is 0 Å². The number of carbonyl (C=O) groups is 1. The summed E-state index contributed by atoms with van der Waals surface area (Å²) in [4.78, 5) is 19.3. The maximum Gasteiger partial charge on any atom is 0.407 e. The van der Waals surface area contributed by atoms with Crippen molar-refractivity contribution in [3.05, 3.63) is 47.4 Å². The second-order valence-electron chi connectivity index (χ2n) is 7.65. The van der Waals surface area contributed by atoms with E-state index in [4.69, 9.17) is 11.1 Å². The van der Waals surface area contributed by atoms with Gasteiger partial charge in [-0.05, 0) is 36.8 Å². The predicted octanol–water partition coefficient (Wildman–Crippen LogP) is 2.19. The number of amides is 1. The van der Waals surface area contributed by atoms with Crippen LogP contribution in [-0.2, 0) is 6.54 Å². The van der Waals surface area contributed by atoms with Crippen molar-refractivity contribution in [1.29, 1.82) is 5.41 Å². The summed E-state index contributed by atoms with van der Waals surface area (Å²) in [7, 11) is 1.84. The van der Waals surface area contributed by atoms with E-state index in [1.54, 1.807) is 17.3 Å². The first-order valence-electron chi connectivity index (χ1n) is 9.65. The van der Waals surface area contributed by atoms with Crippen LogP contribution in [0, 0.1) is 11.2 Å². The summed E-state index contributed by atoms with van der Waals surface area (Å²) < 4.78 is 14.8.